The monoisotopic (exact) mass is 411 g/mol. The van der Waals surface area contributed by atoms with Gasteiger partial charge in [0.2, 0.25) is 15.9 Å². The number of aromatic nitrogens is 1. The fraction of sp³-hybridized carbons (Fsp3) is 0.444. The molecular formula is C18H25N3O4S2. The summed E-state index contributed by atoms with van der Waals surface area (Å²) in [6.45, 7) is 9.58. The lowest BCUT2D eigenvalue weighted by molar-refractivity contribution is -0.116. The third-order valence-electron chi connectivity index (χ3n) is 4.54. The van der Waals surface area contributed by atoms with Gasteiger partial charge in [-0.1, -0.05) is 25.2 Å². The summed E-state index contributed by atoms with van der Waals surface area (Å²) in [7, 11) is -3.63. The van der Waals surface area contributed by atoms with Gasteiger partial charge in [-0.25, -0.2) is 8.42 Å². The summed E-state index contributed by atoms with van der Waals surface area (Å²) in [5, 5.41) is 4.45. The third kappa shape index (κ3) is 4.48. The number of sulfonamides is 1. The molecule has 0 atom stereocenters. The van der Waals surface area contributed by atoms with Crippen LogP contribution in [0.1, 0.15) is 30.7 Å². The molecule has 1 N–H and O–H groups in total. The number of benzene rings is 1. The summed E-state index contributed by atoms with van der Waals surface area (Å²) in [4.78, 5) is 24.2. The second-order valence-electron chi connectivity index (χ2n) is 6.28. The Kier molecular flexibility index (Phi) is 6.61. The van der Waals surface area contributed by atoms with E-state index in [1.54, 1.807) is 39.1 Å². The van der Waals surface area contributed by atoms with Crippen molar-refractivity contribution < 1.29 is 13.2 Å². The molecular weight excluding hydrogens is 386 g/mol. The number of hydrogen-bond donors (Lipinski definition) is 1. The predicted octanol–water partition coefficient (Wildman–Crippen LogP) is 2.50. The van der Waals surface area contributed by atoms with Gasteiger partial charge in [0.15, 0.2) is 0 Å². The molecule has 0 unspecified atom stereocenters. The molecule has 27 heavy (non-hydrogen) atoms. The highest BCUT2D eigenvalue weighted by Gasteiger charge is 2.23. The van der Waals surface area contributed by atoms with E-state index in [0.29, 0.717) is 24.5 Å². The van der Waals surface area contributed by atoms with Crippen molar-refractivity contribution in [3.05, 3.63) is 44.0 Å². The highest BCUT2D eigenvalue weighted by Crippen LogP contribution is 2.26. The molecule has 7 nitrogen and oxygen atoms in total. The van der Waals surface area contributed by atoms with E-state index in [4.69, 9.17) is 0 Å². The lowest BCUT2D eigenvalue weighted by Crippen LogP contribution is -2.31. The zero-order chi connectivity index (χ0) is 20.4. The molecule has 2 rings (SSSR count). The minimum atomic E-state index is -3.63. The van der Waals surface area contributed by atoms with Gasteiger partial charge < -0.3 is 5.32 Å². The van der Waals surface area contributed by atoms with Gasteiger partial charge in [-0.2, -0.15) is 4.31 Å². The number of hydrogen-bond acceptors (Lipinski definition) is 5. The standard InChI is InChI=1S/C18H25N3O4S2/c1-6-20(7-2)27(24,25)15-8-12(3)14(5)16(9-15)19-17(22)10-21-13(4)11-26-18(21)23/h8-9,11H,6-7,10H2,1-5H3,(H,19,22). The van der Waals surface area contributed by atoms with E-state index in [9.17, 15) is 18.0 Å². The topological polar surface area (TPSA) is 88.5 Å². The van der Waals surface area contributed by atoms with Gasteiger partial charge in [0.05, 0.1) is 4.90 Å². The first kappa shape index (κ1) is 21.3. The summed E-state index contributed by atoms with van der Waals surface area (Å²) in [5.74, 6) is -0.376. The maximum atomic E-state index is 12.8. The van der Waals surface area contributed by atoms with E-state index in [0.717, 1.165) is 22.5 Å². The van der Waals surface area contributed by atoms with Crippen LogP contribution in [0.25, 0.3) is 0 Å². The molecule has 0 aliphatic heterocycles. The highest BCUT2D eigenvalue weighted by molar-refractivity contribution is 7.89. The molecule has 0 aliphatic rings. The van der Waals surface area contributed by atoms with Crippen LogP contribution in [0.2, 0.25) is 0 Å². The molecule has 9 heteroatoms. The van der Waals surface area contributed by atoms with Crippen molar-refractivity contribution in [2.45, 2.75) is 46.1 Å². The summed E-state index contributed by atoms with van der Waals surface area (Å²) in [6.07, 6.45) is 0. The summed E-state index contributed by atoms with van der Waals surface area (Å²) in [6, 6.07) is 3.10. The predicted molar refractivity (Wildman–Crippen MR) is 108 cm³/mol. The first-order valence-corrected chi connectivity index (χ1v) is 11.0. The Hall–Kier alpha value is -1.97. The number of nitrogens with one attached hydrogen (secondary N) is 1. The van der Waals surface area contributed by atoms with E-state index in [1.807, 2.05) is 6.92 Å². The average Bonchev–Trinajstić information content (AvgIpc) is 2.91. The van der Waals surface area contributed by atoms with Crippen LogP contribution in [0, 0.1) is 20.8 Å². The van der Waals surface area contributed by atoms with Crippen molar-refractivity contribution in [2.75, 3.05) is 18.4 Å². The molecule has 0 saturated heterocycles. The third-order valence-corrected chi connectivity index (χ3v) is 7.44. The molecule has 1 aromatic carbocycles. The Labute approximate surface area is 163 Å². The number of amides is 1. The SMILES string of the molecule is CCN(CC)S(=O)(=O)c1cc(C)c(C)c(NC(=O)Cn2c(C)csc2=O)c1. The molecule has 1 aromatic heterocycles. The number of carbonyl (C=O) groups excluding carboxylic acids is 1. The number of thiazole rings is 1. The highest BCUT2D eigenvalue weighted by atomic mass is 32.2. The van der Waals surface area contributed by atoms with Crippen molar-refractivity contribution in [3.63, 3.8) is 0 Å². The van der Waals surface area contributed by atoms with Crippen LogP contribution in [0.5, 0.6) is 0 Å². The zero-order valence-electron chi connectivity index (χ0n) is 16.2. The van der Waals surface area contributed by atoms with Gasteiger partial charge in [-0.05, 0) is 44.0 Å². The maximum Gasteiger partial charge on any atom is 0.307 e. The summed E-state index contributed by atoms with van der Waals surface area (Å²) >= 11 is 1.04. The van der Waals surface area contributed by atoms with E-state index in [-0.39, 0.29) is 22.2 Å². The fourth-order valence-corrected chi connectivity index (χ4v) is 5.05. The van der Waals surface area contributed by atoms with E-state index < -0.39 is 10.0 Å². The molecule has 0 fully saturated rings. The molecule has 0 radical (unpaired) electrons. The van der Waals surface area contributed by atoms with Gasteiger partial charge in [0.25, 0.3) is 0 Å². The molecule has 1 heterocycles. The lowest BCUT2D eigenvalue weighted by Gasteiger charge is -2.20. The van der Waals surface area contributed by atoms with Crippen LogP contribution in [0.4, 0.5) is 5.69 Å². The van der Waals surface area contributed by atoms with Crippen LogP contribution in [0.15, 0.2) is 27.2 Å². The summed E-state index contributed by atoms with van der Waals surface area (Å²) < 4.78 is 28.4. The van der Waals surface area contributed by atoms with Gasteiger partial charge in [0, 0.05) is 29.9 Å². The summed E-state index contributed by atoms with van der Waals surface area (Å²) in [5.41, 5.74) is 2.70. The van der Waals surface area contributed by atoms with Gasteiger partial charge in [0.1, 0.15) is 6.54 Å². The molecule has 0 saturated carbocycles. The smallest absolute Gasteiger partial charge is 0.307 e. The molecule has 1 amide bonds. The fourth-order valence-electron chi connectivity index (χ4n) is 2.75. The van der Waals surface area contributed by atoms with Gasteiger partial charge in [-0.3, -0.25) is 14.2 Å². The quantitative estimate of drug-likeness (QED) is 0.758. The molecule has 0 bridgehead atoms. The molecule has 148 valence electrons. The van der Waals surface area contributed by atoms with E-state index in [2.05, 4.69) is 5.32 Å². The number of nitrogens with zero attached hydrogens (tertiary/aromatic N) is 2. The van der Waals surface area contributed by atoms with Crippen LogP contribution < -0.4 is 10.2 Å². The van der Waals surface area contributed by atoms with Gasteiger partial charge in [-0.15, -0.1) is 0 Å². The Balaban J connectivity index is 2.36. The van der Waals surface area contributed by atoms with E-state index >= 15 is 0 Å². The van der Waals surface area contributed by atoms with Gasteiger partial charge >= 0.3 is 4.87 Å². The van der Waals surface area contributed by atoms with Crippen molar-refractivity contribution in [1.29, 1.82) is 0 Å². The number of anilines is 1. The van der Waals surface area contributed by atoms with Crippen molar-refractivity contribution >= 4 is 33.0 Å². The van der Waals surface area contributed by atoms with Crippen molar-refractivity contribution in [2.24, 2.45) is 0 Å². The minimum absolute atomic E-state index is 0.111. The largest absolute Gasteiger partial charge is 0.324 e. The van der Waals surface area contributed by atoms with Crippen LogP contribution in [0.3, 0.4) is 0 Å². The second kappa shape index (κ2) is 8.37. The molecule has 0 aliphatic carbocycles. The van der Waals surface area contributed by atoms with E-state index in [1.165, 1.54) is 14.9 Å². The average molecular weight is 412 g/mol. The molecule has 2 aromatic rings. The van der Waals surface area contributed by atoms with Crippen LogP contribution in [-0.2, 0) is 21.4 Å². The minimum Gasteiger partial charge on any atom is -0.324 e. The lowest BCUT2D eigenvalue weighted by atomic mass is 10.1. The number of aryl methyl sites for hydroxylation is 2. The van der Waals surface area contributed by atoms with Crippen LogP contribution in [-0.4, -0.2) is 36.3 Å². The maximum absolute atomic E-state index is 12.8. The first-order chi connectivity index (χ1) is 12.6. The normalized spacial score (nSPS) is 11.8. The van der Waals surface area contributed by atoms with Crippen molar-refractivity contribution in [1.82, 2.24) is 8.87 Å². The first-order valence-electron chi connectivity index (χ1n) is 8.68. The van der Waals surface area contributed by atoms with Crippen LogP contribution >= 0.6 is 11.3 Å². The van der Waals surface area contributed by atoms with Crippen molar-refractivity contribution in [3.8, 4) is 0 Å². The Morgan fingerprint density at radius 1 is 1.19 bits per heavy atom. The number of carbonyl (C=O) groups is 1. The zero-order valence-corrected chi connectivity index (χ0v) is 17.8. The Bertz CT molecular complexity index is 1000. The Morgan fingerprint density at radius 2 is 1.81 bits per heavy atom. The Morgan fingerprint density at radius 3 is 2.33 bits per heavy atom. The second-order valence-corrected chi connectivity index (χ2v) is 9.04. The molecule has 0 spiro atoms. The number of rotatable bonds is 7.